The van der Waals surface area contributed by atoms with Crippen LogP contribution in [0.1, 0.15) is 0 Å². The van der Waals surface area contributed by atoms with E-state index in [0.717, 1.165) is 18.8 Å². The molecule has 8 heteroatoms. The second-order valence-electron chi connectivity index (χ2n) is 6.49. The number of morpholine rings is 1. The van der Waals surface area contributed by atoms with Crippen molar-refractivity contribution >= 4 is 39.8 Å². The summed E-state index contributed by atoms with van der Waals surface area (Å²) in [6.45, 7) is 2.76. The molecular weight excluding hydrogens is 380 g/mol. The number of fused-ring (bicyclic) bond motifs is 1. The molecule has 1 saturated heterocycles. The lowest BCUT2D eigenvalue weighted by Crippen LogP contribution is -2.37. The van der Waals surface area contributed by atoms with Gasteiger partial charge in [0.1, 0.15) is 6.54 Å². The smallest absolute Gasteiger partial charge is 0.246 e. The number of ether oxygens (including phenoxy) is 1. The minimum Gasteiger partial charge on any atom is -0.378 e. The number of hydrogen-bond acceptors (Lipinski definition) is 5. The number of nitrogens with zero attached hydrogens (tertiary/aromatic N) is 3. The number of carbonyl (C=O) groups excluding carboxylic acids is 1. The summed E-state index contributed by atoms with van der Waals surface area (Å²) in [6, 6.07) is 12.5. The van der Waals surface area contributed by atoms with Crippen molar-refractivity contribution in [2.24, 2.45) is 0 Å². The summed E-state index contributed by atoms with van der Waals surface area (Å²) in [5, 5.41) is 8.11. The third-order valence-electron chi connectivity index (χ3n) is 4.64. The summed E-state index contributed by atoms with van der Waals surface area (Å²) in [7, 11) is 0. The molecule has 28 heavy (non-hydrogen) atoms. The fourth-order valence-corrected chi connectivity index (χ4v) is 3.47. The number of benzene rings is 2. The molecule has 0 radical (unpaired) electrons. The van der Waals surface area contributed by atoms with Gasteiger partial charge in [0.2, 0.25) is 11.3 Å². The first kappa shape index (κ1) is 18.5. The zero-order valence-corrected chi connectivity index (χ0v) is 15.9. The molecule has 0 atom stereocenters. The molecule has 0 unspecified atom stereocenters. The predicted octanol–water partition coefficient (Wildman–Crippen LogP) is 2.53. The van der Waals surface area contributed by atoms with Crippen molar-refractivity contribution in [1.82, 2.24) is 9.78 Å². The largest absolute Gasteiger partial charge is 0.378 e. The number of hydrogen-bond donors (Lipinski definition) is 1. The van der Waals surface area contributed by atoms with Gasteiger partial charge in [-0.05, 0) is 30.3 Å². The van der Waals surface area contributed by atoms with Crippen molar-refractivity contribution < 1.29 is 9.53 Å². The van der Waals surface area contributed by atoms with E-state index in [4.69, 9.17) is 16.3 Å². The lowest BCUT2D eigenvalue weighted by Gasteiger charge is -2.30. The molecule has 1 aliphatic rings. The summed E-state index contributed by atoms with van der Waals surface area (Å²) in [5.41, 5.74) is 1.99. The van der Waals surface area contributed by atoms with Crippen LogP contribution in [0.25, 0.3) is 10.9 Å². The molecule has 144 valence electrons. The Labute approximate surface area is 166 Å². The molecule has 1 aliphatic heterocycles. The minimum absolute atomic E-state index is 0.0180. The average Bonchev–Trinajstić information content (AvgIpc) is 2.71. The van der Waals surface area contributed by atoms with E-state index in [2.05, 4.69) is 15.3 Å². The van der Waals surface area contributed by atoms with E-state index < -0.39 is 0 Å². The molecule has 2 aromatic carbocycles. The van der Waals surface area contributed by atoms with Gasteiger partial charge in [-0.2, -0.15) is 5.10 Å². The molecule has 4 rings (SSSR count). The van der Waals surface area contributed by atoms with Gasteiger partial charge in [-0.1, -0.05) is 23.7 Å². The van der Waals surface area contributed by atoms with Crippen molar-refractivity contribution in [2.45, 2.75) is 6.54 Å². The average molecular weight is 399 g/mol. The Morgan fingerprint density at radius 2 is 1.96 bits per heavy atom. The highest BCUT2D eigenvalue weighted by Crippen LogP contribution is 2.30. The fourth-order valence-electron chi connectivity index (χ4n) is 3.30. The number of anilines is 2. The van der Waals surface area contributed by atoms with Crippen molar-refractivity contribution in [2.75, 3.05) is 36.5 Å². The lowest BCUT2D eigenvalue weighted by molar-refractivity contribution is -0.116. The monoisotopic (exact) mass is 398 g/mol. The van der Waals surface area contributed by atoms with E-state index in [-0.39, 0.29) is 17.9 Å². The van der Waals surface area contributed by atoms with E-state index in [1.54, 1.807) is 30.3 Å². The Morgan fingerprint density at radius 3 is 2.79 bits per heavy atom. The van der Waals surface area contributed by atoms with Gasteiger partial charge in [-0.25, -0.2) is 0 Å². The molecule has 1 fully saturated rings. The Bertz CT molecular complexity index is 1080. The third kappa shape index (κ3) is 3.85. The van der Waals surface area contributed by atoms with Crippen molar-refractivity contribution in [1.29, 1.82) is 0 Å². The highest BCUT2D eigenvalue weighted by molar-refractivity contribution is 6.31. The summed E-state index contributed by atoms with van der Waals surface area (Å²) >= 11 is 6.15. The van der Waals surface area contributed by atoms with E-state index in [1.165, 1.54) is 10.9 Å². The predicted molar refractivity (Wildman–Crippen MR) is 109 cm³/mol. The van der Waals surface area contributed by atoms with Gasteiger partial charge in [0.25, 0.3) is 0 Å². The molecule has 7 nitrogen and oxygen atoms in total. The molecule has 1 amide bonds. The molecule has 3 aromatic rings. The van der Waals surface area contributed by atoms with Crippen LogP contribution in [-0.4, -0.2) is 42.0 Å². The van der Waals surface area contributed by atoms with E-state index in [0.29, 0.717) is 34.8 Å². The normalized spacial score (nSPS) is 14.2. The van der Waals surface area contributed by atoms with Crippen LogP contribution < -0.4 is 15.6 Å². The van der Waals surface area contributed by atoms with Gasteiger partial charge < -0.3 is 15.0 Å². The Hall–Kier alpha value is -2.90. The first-order valence-corrected chi connectivity index (χ1v) is 9.36. The fraction of sp³-hybridized carbons (Fsp3) is 0.250. The Kier molecular flexibility index (Phi) is 5.27. The van der Waals surface area contributed by atoms with Crippen LogP contribution >= 0.6 is 11.6 Å². The van der Waals surface area contributed by atoms with Crippen molar-refractivity contribution in [3.05, 3.63) is 63.9 Å². The van der Waals surface area contributed by atoms with Crippen LogP contribution in [0.15, 0.2) is 53.5 Å². The maximum Gasteiger partial charge on any atom is 0.246 e. The van der Waals surface area contributed by atoms with Crippen LogP contribution in [0, 0.1) is 0 Å². The van der Waals surface area contributed by atoms with Crippen molar-refractivity contribution in [3.63, 3.8) is 0 Å². The number of para-hydroxylation sites is 1. The van der Waals surface area contributed by atoms with Crippen LogP contribution in [0.5, 0.6) is 0 Å². The maximum absolute atomic E-state index is 12.7. The van der Waals surface area contributed by atoms with Gasteiger partial charge in [0.05, 0.1) is 36.3 Å². The molecule has 0 saturated carbocycles. The minimum atomic E-state index is -0.252. The summed E-state index contributed by atoms with van der Waals surface area (Å²) < 4.78 is 6.92. The zero-order valence-electron chi connectivity index (χ0n) is 15.1. The van der Waals surface area contributed by atoms with Crippen LogP contribution in [-0.2, 0) is 16.1 Å². The summed E-state index contributed by atoms with van der Waals surface area (Å²) in [5.74, 6) is -0.252. The van der Waals surface area contributed by atoms with Gasteiger partial charge in [-0.3, -0.25) is 14.3 Å². The van der Waals surface area contributed by atoms with Crippen LogP contribution in [0.4, 0.5) is 11.4 Å². The van der Waals surface area contributed by atoms with Crippen molar-refractivity contribution in [3.8, 4) is 0 Å². The summed E-state index contributed by atoms with van der Waals surface area (Å²) in [6.07, 6.45) is 1.23. The Balaban J connectivity index is 1.59. The topological polar surface area (TPSA) is 76.5 Å². The highest BCUT2D eigenvalue weighted by Gasteiger charge is 2.17. The van der Waals surface area contributed by atoms with Gasteiger partial charge in [-0.15, -0.1) is 0 Å². The lowest BCUT2D eigenvalue weighted by atomic mass is 10.2. The number of aromatic nitrogens is 2. The SMILES string of the molecule is O=C(Cn1ncc(=O)c2ccccc21)Nc1cc(Cl)ccc1N1CCOCC1. The van der Waals surface area contributed by atoms with Crippen LogP contribution in [0.2, 0.25) is 5.02 Å². The number of halogens is 1. The number of nitrogens with one attached hydrogen (secondary N) is 1. The standard InChI is InChI=1S/C20H19ClN4O3/c21-14-5-6-18(24-7-9-28-10-8-24)16(11-14)23-20(27)13-25-17-4-2-1-3-15(17)19(26)12-22-25/h1-6,11-12H,7-10,13H2,(H,23,27). The van der Waals surface area contributed by atoms with E-state index in [1.807, 2.05) is 12.1 Å². The maximum atomic E-state index is 12.7. The van der Waals surface area contributed by atoms with E-state index in [9.17, 15) is 9.59 Å². The molecule has 2 heterocycles. The number of amides is 1. The summed E-state index contributed by atoms with van der Waals surface area (Å²) in [4.78, 5) is 26.8. The van der Waals surface area contributed by atoms with Gasteiger partial charge in [0, 0.05) is 23.5 Å². The Morgan fingerprint density at radius 1 is 1.18 bits per heavy atom. The number of rotatable bonds is 4. The van der Waals surface area contributed by atoms with Crippen LogP contribution in [0.3, 0.4) is 0 Å². The third-order valence-corrected chi connectivity index (χ3v) is 4.87. The first-order chi connectivity index (χ1) is 13.6. The van der Waals surface area contributed by atoms with Gasteiger partial charge in [0.15, 0.2) is 0 Å². The molecule has 1 aromatic heterocycles. The molecule has 1 N–H and O–H groups in total. The molecule has 0 spiro atoms. The highest BCUT2D eigenvalue weighted by atomic mass is 35.5. The number of carbonyl (C=O) groups is 1. The molecule has 0 bridgehead atoms. The second-order valence-corrected chi connectivity index (χ2v) is 6.93. The van der Waals surface area contributed by atoms with Gasteiger partial charge >= 0.3 is 0 Å². The zero-order chi connectivity index (χ0) is 19.5. The second kappa shape index (κ2) is 8.00. The van der Waals surface area contributed by atoms with E-state index >= 15 is 0 Å². The quantitative estimate of drug-likeness (QED) is 0.730. The molecular formula is C20H19ClN4O3. The molecule has 0 aliphatic carbocycles. The first-order valence-electron chi connectivity index (χ1n) is 8.99.